The monoisotopic (exact) mass is 562 g/mol. The summed E-state index contributed by atoms with van der Waals surface area (Å²) in [6, 6.07) is 16.8. The maximum absolute atomic E-state index is 13.6. The highest BCUT2D eigenvalue weighted by atomic mass is 32.2. The second-order valence-electron chi connectivity index (χ2n) is 11.1. The van der Waals surface area contributed by atoms with Crippen molar-refractivity contribution in [3.63, 3.8) is 0 Å². The summed E-state index contributed by atoms with van der Waals surface area (Å²) in [7, 11) is 2.11. The minimum atomic E-state index is -1.34. The van der Waals surface area contributed by atoms with E-state index in [2.05, 4.69) is 5.32 Å². The number of nitrogens with zero attached hydrogens (tertiary/aromatic N) is 3. The van der Waals surface area contributed by atoms with Crippen LogP contribution in [-0.4, -0.2) is 67.3 Å². The number of aliphatic hydroxyl groups is 1. The van der Waals surface area contributed by atoms with Crippen molar-refractivity contribution in [2.75, 3.05) is 27.2 Å². The van der Waals surface area contributed by atoms with Gasteiger partial charge in [-0.25, -0.2) is 13.5 Å². The molecule has 8 nitrogen and oxygen atoms in total. The molecule has 2 aromatic carbocycles. The summed E-state index contributed by atoms with van der Waals surface area (Å²) in [4.78, 5) is 31.9. The summed E-state index contributed by atoms with van der Waals surface area (Å²) in [5.74, 6) is -0.349. The van der Waals surface area contributed by atoms with Crippen molar-refractivity contribution in [1.82, 2.24) is 19.5 Å². The first-order valence-corrected chi connectivity index (χ1v) is 14.6. The van der Waals surface area contributed by atoms with E-state index in [1.165, 1.54) is 0 Å². The van der Waals surface area contributed by atoms with Crippen molar-refractivity contribution in [1.29, 1.82) is 0 Å². The fraction of sp³-hybridized carbons (Fsp3) is 0.387. The largest absolute Gasteiger partial charge is 0.396 e. The number of carbonyl (C=O) groups is 2. The molecular weight excluding hydrogens is 524 g/mol. The lowest BCUT2D eigenvalue weighted by Crippen LogP contribution is -2.36. The molecule has 0 fully saturated rings. The van der Waals surface area contributed by atoms with Gasteiger partial charge in [-0.1, -0.05) is 30.3 Å². The molecule has 1 aliphatic rings. The maximum Gasteiger partial charge on any atom is 0.269 e. The molecule has 0 unspecified atom stereocenters. The van der Waals surface area contributed by atoms with Crippen LogP contribution in [0.15, 0.2) is 54.6 Å². The van der Waals surface area contributed by atoms with Crippen LogP contribution in [0.5, 0.6) is 0 Å². The molecule has 3 aromatic rings. The third kappa shape index (κ3) is 6.01. The second kappa shape index (κ2) is 12.0. The van der Waals surface area contributed by atoms with E-state index in [0.29, 0.717) is 36.5 Å². The van der Waals surface area contributed by atoms with Gasteiger partial charge in [0, 0.05) is 50.5 Å². The highest BCUT2D eigenvalue weighted by molar-refractivity contribution is 7.84. The van der Waals surface area contributed by atoms with Gasteiger partial charge in [-0.3, -0.25) is 9.59 Å². The Morgan fingerprint density at radius 2 is 1.73 bits per heavy atom. The Morgan fingerprint density at radius 3 is 2.35 bits per heavy atom. The summed E-state index contributed by atoms with van der Waals surface area (Å²) in [6.45, 7) is 8.43. The Hall–Kier alpha value is -3.40. The summed E-state index contributed by atoms with van der Waals surface area (Å²) in [5, 5.41) is 12.8. The quantitative estimate of drug-likeness (QED) is 0.419. The average molecular weight is 563 g/mol. The molecule has 1 aromatic heterocycles. The number of nitrogens with one attached hydrogen (secondary N) is 1. The number of benzene rings is 2. The van der Waals surface area contributed by atoms with Crippen LogP contribution in [0, 0.1) is 0 Å². The first-order valence-electron chi connectivity index (χ1n) is 13.5. The van der Waals surface area contributed by atoms with Crippen LogP contribution in [0.1, 0.15) is 72.1 Å². The molecule has 0 saturated carbocycles. The van der Waals surface area contributed by atoms with Crippen LogP contribution in [-0.2, 0) is 17.5 Å². The molecule has 2 heterocycles. The zero-order valence-corrected chi connectivity index (χ0v) is 24.8. The molecule has 212 valence electrons. The van der Waals surface area contributed by atoms with E-state index in [1.807, 2.05) is 74.5 Å². The number of rotatable bonds is 8. The number of carbonyl (C=O) groups excluding carboxylic acids is 2. The summed E-state index contributed by atoms with van der Waals surface area (Å²) in [5.41, 5.74) is 5.87. The van der Waals surface area contributed by atoms with E-state index >= 15 is 0 Å². The number of pyridine rings is 1. The topological polar surface area (TPSA) is 103 Å². The SMILES string of the molecule is CCNC(=O)c1cc2c(c(-c3cccc(-c4cccc(C(=O)N(C)C)c4)c3)n1)[C@@H](CCO)N([S@](=O)C(C)(C)C)C2. The van der Waals surface area contributed by atoms with Crippen LogP contribution in [0.3, 0.4) is 0 Å². The fourth-order valence-corrected chi connectivity index (χ4v) is 6.39. The Bertz CT molecular complexity index is 1450. The number of aliphatic hydroxyl groups excluding tert-OH is 1. The minimum absolute atomic E-state index is 0.0772. The Kier molecular flexibility index (Phi) is 8.87. The maximum atomic E-state index is 13.6. The predicted octanol–water partition coefficient (Wildman–Crippen LogP) is 4.57. The Morgan fingerprint density at radius 1 is 1.07 bits per heavy atom. The van der Waals surface area contributed by atoms with Gasteiger partial charge in [-0.05, 0) is 75.1 Å². The first kappa shape index (κ1) is 29.6. The summed E-state index contributed by atoms with van der Waals surface area (Å²) >= 11 is 0. The van der Waals surface area contributed by atoms with Crippen LogP contribution >= 0.6 is 0 Å². The van der Waals surface area contributed by atoms with E-state index in [0.717, 1.165) is 27.8 Å². The van der Waals surface area contributed by atoms with E-state index < -0.39 is 15.7 Å². The number of hydrogen-bond acceptors (Lipinski definition) is 5. The zero-order chi connectivity index (χ0) is 29.2. The van der Waals surface area contributed by atoms with Crippen LogP contribution in [0.4, 0.5) is 0 Å². The number of aromatic nitrogens is 1. The van der Waals surface area contributed by atoms with E-state index in [9.17, 15) is 18.9 Å². The van der Waals surface area contributed by atoms with Crippen LogP contribution in [0.2, 0.25) is 0 Å². The fourth-order valence-electron chi connectivity index (χ4n) is 4.99. The highest BCUT2D eigenvalue weighted by Crippen LogP contribution is 2.44. The smallest absolute Gasteiger partial charge is 0.269 e. The lowest BCUT2D eigenvalue weighted by Gasteiger charge is -2.30. The molecule has 2 amide bonds. The lowest BCUT2D eigenvalue weighted by molar-refractivity contribution is 0.0827. The molecule has 40 heavy (non-hydrogen) atoms. The van der Waals surface area contributed by atoms with E-state index in [4.69, 9.17) is 4.98 Å². The Labute approximate surface area is 239 Å². The molecule has 0 bridgehead atoms. The van der Waals surface area contributed by atoms with E-state index in [-0.39, 0.29) is 24.5 Å². The Balaban J connectivity index is 1.88. The molecule has 2 atom stereocenters. The minimum Gasteiger partial charge on any atom is -0.396 e. The predicted molar refractivity (Wildman–Crippen MR) is 159 cm³/mol. The van der Waals surface area contributed by atoms with Gasteiger partial charge in [0.15, 0.2) is 0 Å². The normalized spacial score (nSPS) is 15.9. The van der Waals surface area contributed by atoms with Crippen molar-refractivity contribution in [2.24, 2.45) is 0 Å². The summed E-state index contributed by atoms with van der Waals surface area (Å²) in [6.07, 6.45) is 0.387. The zero-order valence-electron chi connectivity index (χ0n) is 24.0. The van der Waals surface area contributed by atoms with Crippen molar-refractivity contribution in [3.8, 4) is 22.4 Å². The molecule has 0 spiro atoms. The highest BCUT2D eigenvalue weighted by Gasteiger charge is 2.40. The average Bonchev–Trinajstić information content (AvgIpc) is 3.29. The van der Waals surface area contributed by atoms with Gasteiger partial charge >= 0.3 is 0 Å². The number of amides is 2. The van der Waals surface area contributed by atoms with Gasteiger partial charge in [0.2, 0.25) is 0 Å². The van der Waals surface area contributed by atoms with Crippen molar-refractivity contribution in [3.05, 3.63) is 77.0 Å². The molecule has 4 rings (SSSR count). The number of fused-ring (bicyclic) bond motifs is 1. The van der Waals surface area contributed by atoms with Gasteiger partial charge in [0.25, 0.3) is 11.8 Å². The van der Waals surface area contributed by atoms with Gasteiger partial charge in [0.1, 0.15) is 16.7 Å². The third-order valence-electron chi connectivity index (χ3n) is 6.85. The lowest BCUT2D eigenvalue weighted by atomic mass is 9.93. The second-order valence-corrected chi connectivity index (χ2v) is 13.3. The van der Waals surface area contributed by atoms with Crippen molar-refractivity contribution in [2.45, 2.75) is 51.4 Å². The van der Waals surface area contributed by atoms with Crippen LogP contribution in [0.25, 0.3) is 22.4 Å². The van der Waals surface area contributed by atoms with Gasteiger partial charge < -0.3 is 15.3 Å². The molecule has 0 radical (unpaired) electrons. The van der Waals surface area contributed by atoms with Gasteiger partial charge in [-0.2, -0.15) is 0 Å². The molecule has 2 N–H and O–H groups in total. The van der Waals surface area contributed by atoms with Gasteiger partial charge in [-0.15, -0.1) is 0 Å². The molecule has 0 saturated heterocycles. The third-order valence-corrected chi connectivity index (χ3v) is 8.70. The molecule has 1 aliphatic heterocycles. The van der Waals surface area contributed by atoms with Crippen LogP contribution < -0.4 is 5.32 Å². The van der Waals surface area contributed by atoms with Crippen molar-refractivity contribution >= 4 is 22.8 Å². The molecular formula is C31H38N4O4S. The van der Waals surface area contributed by atoms with Crippen molar-refractivity contribution < 1.29 is 18.9 Å². The first-order chi connectivity index (χ1) is 19.0. The summed E-state index contributed by atoms with van der Waals surface area (Å²) < 4.78 is 15.0. The van der Waals surface area contributed by atoms with Gasteiger partial charge in [0.05, 0.1) is 16.5 Å². The standard InChI is InChI=1S/C31H38N4O4S/c1-7-32-29(37)25-18-24-19-35(40(39)31(2,3)4)26(14-15-36)27(24)28(33-25)22-12-8-10-20(16-22)21-11-9-13-23(17-21)30(38)34(5)6/h8-13,16-18,26,36H,7,14-15,19H2,1-6H3,(H,32,37)/t26-,40-/m1/s1. The number of hydrogen-bond donors (Lipinski definition) is 2. The molecule has 9 heteroatoms. The molecule has 0 aliphatic carbocycles. The van der Waals surface area contributed by atoms with E-state index in [1.54, 1.807) is 31.1 Å².